The second-order valence-electron chi connectivity index (χ2n) is 5.44. The molecule has 128 valence electrons. The zero-order valence-corrected chi connectivity index (χ0v) is 15.3. The molecule has 0 atom stereocenters. The number of benzene rings is 2. The quantitative estimate of drug-likeness (QED) is 0.542. The van der Waals surface area contributed by atoms with Crippen molar-refractivity contribution in [2.75, 3.05) is 0 Å². The van der Waals surface area contributed by atoms with Gasteiger partial charge in [0.1, 0.15) is 5.82 Å². The number of aryl methyl sites for hydroxylation is 2. The van der Waals surface area contributed by atoms with E-state index in [-0.39, 0.29) is 5.91 Å². The Morgan fingerprint density at radius 3 is 2.68 bits per heavy atom. The summed E-state index contributed by atoms with van der Waals surface area (Å²) < 4.78 is 2.09. The van der Waals surface area contributed by atoms with Gasteiger partial charge < -0.3 is 4.57 Å². The van der Waals surface area contributed by atoms with Gasteiger partial charge in [0, 0.05) is 17.7 Å². The molecule has 3 rings (SSSR count). The van der Waals surface area contributed by atoms with E-state index in [1.807, 2.05) is 13.0 Å². The average molecular weight is 375 g/mol. The zero-order chi connectivity index (χ0) is 18.0. The fraction of sp³-hybridized carbons (Fsp3) is 0.167. The number of amides is 1. The van der Waals surface area contributed by atoms with Crippen LogP contribution in [0.3, 0.4) is 0 Å². The minimum absolute atomic E-state index is 0.329. The molecule has 0 spiro atoms. The monoisotopic (exact) mass is 374 g/mol. The Bertz CT molecular complexity index is 958. The fourth-order valence-corrected chi connectivity index (χ4v) is 3.14. The number of fused-ring (bicyclic) bond motifs is 1. The van der Waals surface area contributed by atoms with Crippen LogP contribution in [0.4, 0.5) is 0 Å². The number of nitrogens with one attached hydrogen (secondary N) is 1. The highest BCUT2D eigenvalue weighted by molar-refractivity contribution is 6.38. The first kappa shape index (κ1) is 17.5. The van der Waals surface area contributed by atoms with Crippen molar-refractivity contribution < 1.29 is 4.79 Å². The van der Waals surface area contributed by atoms with Crippen molar-refractivity contribution in [1.29, 1.82) is 0 Å². The maximum Gasteiger partial charge on any atom is 0.271 e. The molecule has 0 unspecified atom stereocenters. The van der Waals surface area contributed by atoms with Gasteiger partial charge in [0.25, 0.3) is 5.91 Å². The lowest BCUT2D eigenvalue weighted by Gasteiger charge is -2.03. The fourth-order valence-electron chi connectivity index (χ4n) is 2.64. The summed E-state index contributed by atoms with van der Waals surface area (Å²) in [7, 11) is 0. The summed E-state index contributed by atoms with van der Waals surface area (Å²) in [6.07, 6.45) is 1.43. The summed E-state index contributed by atoms with van der Waals surface area (Å²) in [6, 6.07) is 10.5. The number of carbonyl (C=O) groups is 1. The molecule has 0 saturated carbocycles. The molecule has 0 aliphatic heterocycles. The van der Waals surface area contributed by atoms with Gasteiger partial charge in [0.15, 0.2) is 0 Å². The molecule has 0 radical (unpaired) electrons. The number of hydrogen-bond donors (Lipinski definition) is 1. The highest BCUT2D eigenvalue weighted by Crippen LogP contribution is 2.22. The standard InChI is InChI=1S/C18H16Cl2N4O/c1-3-24-11(2)22-16-9-12(7-8-17(16)24)18(25)23-21-10-13-14(19)5-4-6-15(13)20/h4-10H,3H2,1-2H3,(H,23,25)/b21-10+. The predicted octanol–water partition coefficient (Wildman–Crippen LogP) is 4.44. The molecule has 5 nitrogen and oxygen atoms in total. The largest absolute Gasteiger partial charge is 0.329 e. The summed E-state index contributed by atoms with van der Waals surface area (Å²) in [5.74, 6) is 0.589. The molecule has 7 heteroatoms. The minimum atomic E-state index is -0.329. The molecule has 25 heavy (non-hydrogen) atoms. The van der Waals surface area contributed by atoms with Crippen molar-refractivity contribution in [2.24, 2.45) is 5.10 Å². The van der Waals surface area contributed by atoms with Gasteiger partial charge in [-0.2, -0.15) is 5.10 Å². The summed E-state index contributed by atoms with van der Waals surface area (Å²) >= 11 is 12.1. The first-order chi connectivity index (χ1) is 12.0. The van der Waals surface area contributed by atoms with Crippen LogP contribution in [0.2, 0.25) is 10.0 Å². The van der Waals surface area contributed by atoms with E-state index < -0.39 is 0 Å². The van der Waals surface area contributed by atoms with Crippen molar-refractivity contribution in [3.05, 3.63) is 63.4 Å². The smallest absolute Gasteiger partial charge is 0.271 e. The molecule has 1 aromatic heterocycles. The second-order valence-corrected chi connectivity index (χ2v) is 6.26. The van der Waals surface area contributed by atoms with Crippen LogP contribution in [0.25, 0.3) is 11.0 Å². The van der Waals surface area contributed by atoms with E-state index in [1.165, 1.54) is 6.21 Å². The van der Waals surface area contributed by atoms with Crippen LogP contribution in [0.1, 0.15) is 28.7 Å². The van der Waals surface area contributed by atoms with E-state index in [4.69, 9.17) is 23.2 Å². The van der Waals surface area contributed by atoms with E-state index in [0.717, 1.165) is 23.4 Å². The van der Waals surface area contributed by atoms with E-state index in [1.54, 1.807) is 30.3 Å². The maximum absolute atomic E-state index is 12.3. The summed E-state index contributed by atoms with van der Waals surface area (Å²) in [6.45, 7) is 4.83. The third kappa shape index (κ3) is 3.52. The molecular weight excluding hydrogens is 359 g/mol. The Balaban J connectivity index is 1.79. The number of hydrogen-bond acceptors (Lipinski definition) is 3. The van der Waals surface area contributed by atoms with E-state index in [9.17, 15) is 4.79 Å². The molecule has 1 heterocycles. The summed E-state index contributed by atoms with van der Waals surface area (Å²) in [5.41, 5.74) is 5.30. The SMILES string of the molecule is CCn1c(C)nc2cc(C(=O)N/N=C/c3c(Cl)cccc3Cl)ccc21. The Morgan fingerprint density at radius 2 is 2.00 bits per heavy atom. The molecule has 3 aromatic rings. The molecule has 0 aliphatic carbocycles. The van der Waals surface area contributed by atoms with E-state index in [0.29, 0.717) is 21.2 Å². The van der Waals surface area contributed by atoms with Crippen LogP contribution in [0.5, 0.6) is 0 Å². The van der Waals surface area contributed by atoms with Crippen molar-refractivity contribution in [1.82, 2.24) is 15.0 Å². The molecular formula is C18H16Cl2N4O. The summed E-state index contributed by atoms with van der Waals surface area (Å²) in [4.78, 5) is 16.8. The van der Waals surface area contributed by atoms with Crippen LogP contribution in [-0.2, 0) is 6.54 Å². The van der Waals surface area contributed by atoms with Crippen LogP contribution in [0.15, 0.2) is 41.5 Å². The van der Waals surface area contributed by atoms with Crippen LogP contribution < -0.4 is 5.43 Å². The van der Waals surface area contributed by atoms with Gasteiger partial charge in [-0.3, -0.25) is 4.79 Å². The van der Waals surface area contributed by atoms with Crippen LogP contribution in [0, 0.1) is 6.92 Å². The Kier molecular flexibility index (Phi) is 5.06. The van der Waals surface area contributed by atoms with Gasteiger partial charge in [-0.15, -0.1) is 0 Å². The highest BCUT2D eigenvalue weighted by atomic mass is 35.5. The first-order valence-corrected chi connectivity index (χ1v) is 8.51. The lowest BCUT2D eigenvalue weighted by molar-refractivity contribution is 0.0955. The van der Waals surface area contributed by atoms with Crippen molar-refractivity contribution in [3.8, 4) is 0 Å². The third-order valence-corrected chi connectivity index (χ3v) is 4.54. The van der Waals surface area contributed by atoms with Crippen LogP contribution in [-0.4, -0.2) is 21.7 Å². The molecule has 0 bridgehead atoms. The number of hydrazone groups is 1. The van der Waals surface area contributed by atoms with Crippen molar-refractivity contribution >= 4 is 46.4 Å². The summed E-state index contributed by atoms with van der Waals surface area (Å²) in [5, 5.41) is 4.87. The number of imidazole rings is 1. The van der Waals surface area contributed by atoms with E-state index in [2.05, 4.69) is 27.0 Å². The molecule has 1 N–H and O–H groups in total. The molecule has 0 fully saturated rings. The topological polar surface area (TPSA) is 59.3 Å². The molecule has 0 aliphatic rings. The van der Waals surface area contributed by atoms with Gasteiger partial charge in [-0.05, 0) is 44.2 Å². The number of carbonyl (C=O) groups excluding carboxylic acids is 1. The zero-order valence-electron chi connectivity index (χ0n) is 13.8. The number of aromatic nitrogens is 2. The number of nitrogens with zero attached hydrogens (tertiary/aromatic N) is 3. The molecule has 0 saturated heterocycles. The molecule has 2 aromatic carbocycles. The van der Waals surface area contributed by atoms with E-state index >= 15 is 0 Å². The number of rotatable bonds is 4. The first-order valence-electron chi connectivity index (χ1n) is 7.75. The Hall–Kier alpha value is -2.37. The average Bonchev–Trinajstić information content (AvgIpc) is 2.91. The lowest BCUT2D eigenvalue weighted by Crippen LogP contribution is -2.17. The van der Waals surface area contributed by atoms with Crippen molar-refractivity contribution in [3.63, 3.8) is 0 Å². The lowest BCUT2D eigenvalue weighted by atomic mass is 10.2. The predicted molar refractivity (Wildman–Crippen MR) is 102 cm³/mol. The normalized spacial score (nSPS) is 11.4. The van der Waals surface area contributed by atoms with Crippen LogP contribution >= 0.6 is 23.2 Å². The second kappa shape index (κ2) is 7.25. The third-order valence-electron chi connectivity index (χ3n) is 3.88. The maximum atomic E-state index is 12.3. The highest BCUT2D eigenvalue weighted by Gasteiger charge is 2.10. The van der Waals surface area contributed by atoms with Gasteiger partial charge in [0.05, 0.1) is 27.3 Å². The van der Waals surface area contributed by atoms with Gasteiger partial charge >= 0.3 is 0 Å². The van der Waals surface area contributed by atoms with Gasteiger partial charge in [-0.25, -0.2) is 10.4 Å². The Labute approximate surface area is 155 Å². The molecule has 1 amide bonds. The minimum Gasteiger partial charge on any atom is -0.329 e. The van der Waals surface area contributed by atoms with Gasteiger partial charge in [0.2, 0.25) is 0 Å². The van der Waals surface area contributed by atoms with Crippen molar-refractivity contribution in [2.45, 2.75) is 20.4 Å². The number of halogens is 2. The van der Waals surface area contributed by atoms with Gasteiger partial charge in [-0.1, -0.05) is 29.3 Å². The Morgan fingerprint density at radius 1 is 1.28 bits per heavy atom.